The Hall–Kier alpha value is -6.90. The van der Waals surface area contributed by atoms with E-state index in [0.717, 1.165) is 22.5 Å². The van der Waals surface area contributed by atoms with Crippen molar-refractivity contribution < 1.29 is 0 Å². The van der Waals surface area contributed by atoms with Gasteiger partial charge in [0.05, 0.1) is 11.4 Å². The summed E-state index contributed by atoms with van der Waals surface area (Å²) in [6.07, 6.45) is 3.82. The lowest BCUT2D eigenvalue weighted by molar-refractivity contribution is 0.660. The molecule has 10 aromatic rings. The SMILES string of the molecule is CC1(C)c2ccccc2-c2cc(-c3cc(-c4ccccn4)c4ccc5c(-c6ccc7c(c6)-c6ccccc6C7(C)C)cc(-c6ccccn6)c6ccc3c4c56)ccc21. The monoisotopic (exact) mass is 740 g/mol. The van der Waals surface area contributed by atoms with Gasteiger partial charge in [-0.15, -0.1) is 0 Å². The summed E-state index contributed by atoms with van der Waals surface area (Å²) >= 11 is 0. The Morgan fingerprint density at radius 1 is 0.310 bits per heavy atom. The maximum absolute atomic E-state index is 4.96. The molecule has 2 aromatic heterocycles. The van der Waals surface area contributed by atoms with Gasteiger partial charge < -0.3 is 0 Å². The number of nitrogens with zero attached hydrogens (tertiary/aromatic N) is 2. The van der Waals surface area contributed by atoms with E-state index in [9.17, 15) is 0 Å². The number of hydrogen-bond acceptors (Lipinski definition) is 2. The molecule has 0 bridgehead atoms. The van der Waals surface area contributed by atoms with Crippen LogP contribution in [0.2, 0.25) is 0 Å². The highest BCUT2D eigenvalue weighted by molar-refractivity contribution is 6.31. The molecular formula is C56H40N2. The smallest absolute Gasteiger partial charge is 0.0708 e. The van der Waals surface area contributed by atoms with E-state index in [2.05, 4.69) is 173 Å². The molecule has 0 saturated carbocycles. The topological polar surface area (TPSA) is 25.8 Å². The van der Waals surface area contributed by atoms with Gasteiger partial charge in [-0.1, -0.05) is 137 Å². The maximum atomic E-state index is 4.96. The van der Waals surface area contributed by atoms with Crippen molar-refractivity contribution in [3.63, 3.8) is 0 Å². The van der Waals surface area contributed by atoms with Crippen LogP contribution in [-0.4, -0.2) is 9.97 Å². The number of hydrogen-bond donors (Lipinski definition) is 0. The van der Waals surface area contributed by atoms with Gasteiger partial charge in [0.15, 0.2) is 0 Å². The van der Waals surface area contributed by atoms with Crippen LogP contribution >= 0.6 is 0 Å². The van der Waals surface area contributed by atoms with Gasteiger partial charge in [-0.05, 0) is 148 Å². The summed E-state index contributed by atoms with van der Waals surface area (Å²) in [4.78, 5) is 9.91. The first-order valence-electron chi connectivity index (χ1n) is 20.4. The summed E-state index contributed by atoms with van der Waals surface area (Å²) in [5.74, 6) is 0. The largest absolute Gasteiger partial charge is 0.256 e. The lowest BCUT2D eigenvalue weighted by Gasteiger charge is -2.23. The van der Waals surface area contributed by atoms with E-state index >= 15 is 0 Å². The van der Waals surface area contributed by atoms with Crippen molar-refractivity contribution in [2.24, 2.45) is 0 Å². The fourth-order valence-corrected chi connectivity index (χ4v) is 10.7. The van der Waals surface area contributed by atoms with Crippen LogP contribution in [0, 0.1) is 0 Å². The first-order chi connectivity index (χ1) is 28.3. The first-order valence-corrected chi connectivity index (χ1v) is 20.4. The second kappa shape index (κ2) is 11.8. The summed E-state index contributed by atoms with van der Waals surface area (Å²) in [5, 5.41) is 7.43. The minimum atomic E-state index is -0.0557. The van der Waals surface area contributed by atoms with Crippen molar-refractivity contribution in [3.05, 3.63) is 192 Å². The summed E-state index contributed by atoms with van der Waals surface area (Å²) in [7, 11) is 0. The van der Waals surface area contributed by atoms with Crippen LogP contribution in [0.3, 0.4) is 0 Å². The van der Waals surface area contributed by atoms with E-state index < -0.39 is 0 Å². The van der Waals surface area contributed by atoms with E-state index in [4.69, 9.17) is 9.97 Å². The average molecular weight is 741 g/mol. The van der Waals surface area contributed by atoms with Crippen molar-refractivity contribution in [2.45, 2.75) is 38.5 Å². The van der Waals surface area contributed by atoms with Gasteiger partial charge in [0.2, 0.25) is 0 Å². The van der Waals surface area contributed by atoms with Crippen LogP contribution in [0.15, 0.2) is 170 Å². The van der Waals surface area contributed by atoms with E-state index in [-0.39, 0.29) is 10.8 Å². The fraction of sp³-hybridized carbons (Fsp3) is 0.107. The minimum absolute atomic E-state index is 0.0557. The summed E-state index contributed by atoms with van der Waals surface area (Å²) in [6.45, 7) is 9.41. The van der Waals surface area contributed by atoms with Gasteiger partial charge in [0.25, 0.3) is 0 Å². The van der Waals surface area contributed by atoms with Gasteiger partial charge in [-0.2, -0.15) is 0 Å². The molecule has 2 nitrogen and oxygen atoms in total. The zero-order chi connectivity index (χ0) is 38.9. The number of rotatable bonds is 4. The van der Waals surface area contributed by atoms with Crippen LogP contribution in [0.1, 0.15) is 49.9 Å². The van der Waals surface area contributed by atoms with Gasteiger partial charge in [-0.25, -0.2) is 0 Å². The summed E-state index contributed by atoms with van der Waals surface area (Å²) in [5.41, 5.74) is 19.8. The van der Waals surface area contributed by atoms with Crippen molar-refractivity contribution in [1.82, 2.24) is 9.97 Å². The lowest BCUT2D eigenvalue weighted by Crippen LogP contribution is -2.14. The van der Waals surface area contributed by atoms with Gasteiger partial charge >= 0.3 is 0 Å². The molecule has 58 heavy (non-hydrogen) atoms. The molecule has 2 aliphatic rings. The number of aromatic nitrogens is 2. The average Bonchev–Trinajstić information content (AvgIpc) is 3.64. The maximum Gasteiger partial charge on any atom is 0.0708 e. The zero-order valence-electron chi connectivity index (χ0n) is 33.1. The van der Waals surface area contributed by atoms with Crippen LogP contribution in [0.5, 0.6) is 0 Å². The third-order valence-electron chi connectivity index (χ3n) is 13.6. The normalized spacial score (nSPS) is 14.5. The van der Waals surface area contributed by atoms with Crippen LogP contribution in [0.4, 0.5) is 0 Å². The van der Waals surface area contributed by atoms with Gasteiger partial charge in [-0.3, -0.25) is 9.97 Å². The number of fused-ring (bicyclic) bond motifs is 6. The Morgan fingerprint density at radius 2 is 0.690 bits per heavy atom. The molecule has 8 aromatic carbocycles. The molecule has 0 aliphatic heterocycles. The second-order valence-electron chi connectivity index (χ2n) is 17.3. The van der Waals surface area contributed by atoms with Gasteiger partial charge in [0.1, 0.15) is 0 Å². The van der Waals surface area contributed by atoms with Crippen LogP contribution in [-0.2, 0) is 10.8 Å². The Labute approximate surface area is 338 Å². The molecule has 0 amide bonds. The lowest BCUT2D eigenvalue weighted by atomic mass is 9.80. The Kier molecular flexibility index (Phi) is 6.78. The summed E-state index contributed by atoms with van der Waals surface area (Å²) in [6, 6.07) is 58.8. The molecule has 0 spiro atoms. The van der Waals surface area contributed by atoms with E-state index in [1.807, 2.05) is 24.5 Å². The zero-order valence-corrected chi connectivity index (χ0v) is 33.1. The molecule has 2 heterocycles. The third-order valence-corrected chi connectivity index (χ3v) is 13.6. The molecule has 12 rings (SSSR count). The van der Waals surface area contributed by atoms with Crippen molar-refractivity contribution in [3.8, 4) is 67.0 Å². The Bertz CT molecular complexity index is 3090. The quantitative estimate of drug-likeness (QED) is 0.168. The Morgan fingerprint density at radius 3 is 1.10 bits per heavy atom. The molecule has 0 atom stereocenters. The highest BCUT2D eigenvalue weighted by Gasteiger charge is 2.37. The molecule has 0 N–H and O–H groups in total. The molecule has 0 fully saturated rings. The molecule has 0 saturated heterocycles. The predicted octanol–water partition coefficient (Wildman–Crippen LogP) is 14.7. The fourth-order valence-electron chi connectivity index (χ4n) is 10.7. The van der Waals surface area contributed by atoms with Gasteiger partial charge in [0, 0.05) is 34.4 Å². The molecule has 0 unspecified atom stereocenters. The van der Waals surface area contributed by atoms with E-state index in [1.165, 1.54) is 99.1 Å². The molecular weight excluding hydrogens is 701 g/mol. The highest BCUT2D eigenvalue weighted by atomic mass is 14.7. The third kappa shape index (κ3) is 4.49. The standard InChI is InChI=1S/C56H40N2/c1-55(2)47-15-7-5-13-35(47)43-29-33(19-25-49(43)55)41-31-45(51-17-9-11-27-57-51)39-24-22-38-42(34-20-26-50-44(30-34)36-14-6-8-16-48(36)56(50,3)4)32-46(52-18-10-12-28-58-52)40-23-21-37(41)53(39)54(38)40/h5-32H,1-4H3. The Balaban J connectivity index is 1.19. The van der Waals surface area contributed by atoms with E-state index in [1.54, 1.807) is 0 Å². The molecule has 2 aliphatic carbocycles. The number of pyridine rings is 2. The minimum Gasteiger partial charge on any atom is -0.256 e. The van der Waals surface area contributed by atoms with E-state index in [0.29, 0.717) is 0 Å². The van der Waals surface area contributed by atoms with Crippen molar-refractivity contribution in [2.75, 3.05) is 0 Å². The molecule has 0 radical (unpaired) electrons. The summed E-state index contributed by atoms with van der Waals surface area (Å²) < 4.78 is 0. The van der Waals surface area contributed by atoms with Crippen molar-refractivity contribution >= 4 is 32.3 Å². The predicted molar refractivity (Wildman–Crippen MR) is 243 cm³/mol. The van der Waals surface area contributed by atoms with Crippen molar-refractivity contribution in [1.29, 1.82) is 0 Å². The second-order valence-corrected chi connectivity index (χ2v) is 17.3. The number of benzene rings is 8. The molecule has 2 heteroatoms. The highest BCUT2D eigenvalue weighted by Crippen LogP contribution is 2.53. The first kappa shape index (κ1) is 33.3. The van der Waals surface area contributed by atoms with Crippen LogP contribution in [0.25, 0.3) is 99.3 Å². The van der Waals surface area contributed by atoms with Crippen LogP contribution < -0.4 is 0 Å². The molecule has 274 valence electrons.